The summed E-state index contributed by atoms with van der Waals surface area (Å²) in [6, 6.07) is 7.21. The summed E-state index contributed by atoms with van der Waals surface area (Å²) in [7, 11) is 9.10. The molecule has 24 nitrogen and oxygen atoms in total. The average molecular weight is 1460 g/mol. The number of likely N-dealkylation sites (N-methyl/N-ethyl adjacent to an activating group) is 7. The largest absolute Gasteiger partial charge is 0.416 e. The standard InChI is InChI=1S/C72H100ClF5N12O12/c1-13-45(4)63-71(102)85(8)42-61(93)83(6)43-62(94)87(10)56(39-49-27-32-51(73)33-28-49)69(100)84(7)41-59(91)79-52(34-29-47-25-30-50(31-26-47)72(76,77)78)65(96)80-53(23-17-18-24-58(74)75)67(98)89(12)57(38-48-21-15-14-16-22-48)70(101)88(11)55(37-44(2)3)66(97)81-54(68(99)90-35-19-20-36-90)40-60(92)86(9)46(5)64(95)82-63/h14-16,21-22,25-28,30-33,44-46,52-58,63H,13,17-20,23-24,29,34-43H2,1-12H3,(H,79,91)(H,80,96)(H,81,97)(H,82,95)/t45-,46-,52-,53-,54-,55-,56-,57-,63-/m0/s1. The third-order valence-electron chi connectivity index (χ3n) is 19.0. The molecule has 2 saturated heterocycles. The topological polar surface area (TPSA) is 279 Å². The molecule has 2 aliphatic rings. The van der Waals surface area contributed by atoms with Crippen molar-refractivity contribution in [2.24, 2.45) is 11.8 Å². The Bertz CT molecular complexity index is 3390. The average Bonchev–Trinajstić information content (AvgIpc) is 0.870. The van der Waals surface area contributed by atoms with Crippen LogP contribution in [-0.2, 0) is 83.0 Å². The van der Waals surface area contributed by atoms with Crippen molar-refractivity contribution in [1.82, 2.24) is 60.5 Å². The summed E-state index contributed by atoms with van der Waals surface area (Å²) >= 11 is 6.21. The van der Waals surface area contributed by atoms with Gasteiger partial charge in [-0.2, -0.15) is 13.2 Å². The van der Waals surface area contributed by atoms with Crippen LogP contribution >= 0.6 is 11.6 Å². The molecule has 5 rings (SSSR count). The Morgan fingerprint density at radius 2 is 1.12 bits per heavy atom. The Balaban J connectivity index is 1.66. The summed E-state index contributed by atoms with van der Waals surface area (Å²) in [5.41, 5.74) is 0.370. The summed E-state index contributed by atoms with van der Waals surface area (Å²) in [5.74, 6) is -10.6. The first-order valence-corrected chi connectivity index (χ1v) is 34.8. The zero-order chi connectivity index (χ0) is 76.0. The van der Waals surface area contributed by atoms with E-state index in [4.69, 9.17) is 11.6 Å². The molecular formula is C72H100ClF5N12O12. The molecule has 562 valence electrons. The Labute approximate surface area is 599 Å². The van der Waals surface area contributed by atoms with Crippen LogP contribution in [-0.4, -0.2) is 247 Å². The summed E-state index contributed by atoms with van der Waals surface area (Å²) in [4.78, 5) is 185. The number of rotatable bonds is 17. The maximum atomic E-state index is 15.5. The quantitative estimate of drug-likeness (QED) is 0.0982. The third kappa shape index (κ3) is 24.5. The van der Waals surface area contributed by atoms with E-state index in [9.17, 15) is 65.1 Å². The van der Waals surface area contributed by atoms with E-state index >= 15 is 14.4 Å². The maximum absolute atomic E-state index is 15.5. The van der Waals surface area contributed by atoms with E-state index in [0.29, 0.717) is 48.5 Å². The minimum absolute atomic E-state index is 0.0251. The molecule has 0 radical (unpaired) electrons. The lowest BCUT2D eigenvalue weighted by Gasteiger charge is -2.37. The Morgan fingerprint density at radius 3 is 1.70 bits per heavy atom. The lowest BCUT2D eigenvalue weighted by atomic mass is 9.97. The Kier molecular flexibility index (Phi) is 32.1. The van der Waals surface area contributed by atoms with E-state index in [1.165, 1.54) is 73.3 Å². The molecule has 0 unspecified atom stereocenters. The first-order chi connectivity index (χ1) is 47.9. The smallest absolute Gasteiger partial charge is 0.343 e. The third-order valence-corrected chi connectivity index (χ3v) is 19.2. The van der Waals surface area contributed by atoms with Crippen LogP contribution in [0.4, 0.5) is 22.0 Å². The first-order valence-electron chi connectivity index (χ1n) is 34.4. The van der Waals surface area contributed by atoms with Crippen molar-refractivity contribution >= 4 is 82.5 Å². The molecule has 2 heterocycles. The van der Waals surface area contributed by atoms with E-state index in [1.54, 1.807) is 82.3 Å². The molecule has 0 aromatic heterocycles. The maximum Gasteiger partial charge on any atom is 0.416 e. The van der Waals surface area contributed by atoms with Crippen LogP contribution in [0.3, 0.4) is 0 Å². The number of likely N-dealkylation sites (tertiary alicyclic amines) is 1. The number of unbranched alkanes of at least 4 members (excludes halogenated alkanes) is 1. The number of nitrogens with zero attached hydrogens (tertiary/aromatic N) is 8. The number of alkyl halides is 5. The Hall–Kier alpha value is -8.76. The predicted molar refractivity (Wildman–Crippen MR) is 371 cm³/mol. The molecule has 0 bridgehead atoms. The van der Waals surface area contributed by atoms with E-state index in [0.717, 1.165) is 46.4 Å². The van der Waals surface area contributed by atoms with Crippen LogP contribution in [0.2, 0.25) is 5.02 Å². The summed E-state index contributed by atoms with van der Waals surface area (Å²) in [6.45, 7) is 7.03. The molecule has 0 aliphatic carbocycles. The number of hydrogen-bond donors (Lipinski definition) is 4. The van der Waals surface area contributed by atoms with Gasteiger partial charge in [0.05, 0.1) is 31.6 Å². The number of amides is 12. The number of benzene rings is 3. The molecule has 0 saturated carbocycles. The van der Waals surface area contributed by atoms with Gasteiger partial charge in [0, 0.05) is 86.7 Å². The lowest BCUT2D eigenvalue weighted by Crippen LogP contribution is -2.60. The highest BCUT2D eigenvalue weighted by atomic mass is 35.5. The van der Waals surface area contributed by atoms with Crippen LogP contribution in [0.25, 0.3) is 0 Å². The monoisotopic (exact) mass is 1450 g/mol. The van der Waals surface area contributed by atoms with Gasteiger partial charge in [-0.3, -0.25) is 57.5 Å². The number of hydrogen-bond acceptors (Lipinski definition) is 12. The van der Waals surface area contributed by atoms with Gasteiger partial charge in [0.15, 0.2) is 0 Å². The Morgan fingerprint density at radius 1 is 0.559 bits per heavy atom. The van der Waals surface area contributed by atoms with Gasteiger partial charge in [-0.15, -0.1) is 0 Å². The van der Waals surface area contributed by atoms with Gasteiger partial charge in [-0.05, 0) is 105 Å². The number of carbonyl (C=O) groups excluding carboxylic acids is 12. The van der Waals surface area contributed by atoms with Crippen molar-refractivity contribution in [2.45, 2.75) is 179 Å². The second kappa shape index (κ2) is 39.0. The van der Waals surface area contributed by atoms with Gasteiger partial charge < -0.3 is 60.5 Å². The van der Waals surface area contributed by atoms with Gasteiger partial charge in [0.1, 0.15) is 48.3 Å². The lowest BCUT2D eigenvalue weighted by molar-refractivity contribution is -0.150. The van der Waals surface area contributed by atoms with Gasteiger partial charge in [-0.1, -0.05) is 107 Å². The summed E-state index contributed by atoms with van der Waals surface area (Å²) in [5, 5.41) is 11.1. The fourth-order valence-electron chi connectivity index (χ4n) is 12.0. The fraction of sp³-hybridized carbons (Fsp3) is 0.583. The van der Waals surface area contributed by atoms with Gasteiger partial charge in [0.2, 0.25) is 77.3 Å². The van der Waals surface area contributed by atoms with Crippen molar-refractivity contribution in [2.75, 3.05) is 82.1 Å². The van der Waals surface area contributed by atoms with Gasteiger partial charge in [-0.25, -0.2) is 8.78 Å². The fourth-order valence-corrected chi connectivity index (χ4v) is 12.2. The van der Waals surface area contributed by atoms with Crippen LogP contribution in [0.5, 0.6) is 0 Å². The van der Waals surface area contributed by atoms with E-state index < -0.39 is 176 Å². The molecule has 30 heteroatoms. The molecule has 3 aromatic carbocycles. The highest BCUT2D eigenvalue weighted by Gasteiger charge is 2.42. The van der Waals surface area contributed by atoms with Crippen LogP contribution in [0, 0.1) is 11.8 Å². The number of halogens is 6. The zero-order valence-electron chi connectivity index (χ0n) is 60.3. The summed E-state index contributed by atoms with van der Waals surface area (Å²) in [6.07, 6.45) is -8.47. The van der Waals surface area contributed by atoms with Crippen LogP contribution < -0.4 is 21.3 Å². The van der Waals surface area contributed by atoms with E-state index in [2.05, 4.69) is 21.3 Å². The first kappa shape index (κ1) is 83.9. The normalized spacial score (nSPS) is 23.2. The summed E-state index contributed by atoms with van der Waals surface area (Å²) < 4.78 is 68.6. The molecule has 0 spiro atoms. The molecule has 2 fully saturated rings. The van der Waals surface area contributed by atoms with E-state index in [-0.39, 0.29) is 62.8 Å². The van der Waals surface area contributed by atoms with Crippen molar-refractivity contribution in [3.63, 3.8) is 0 Å². The highest BCUT2D eigenvalue weighted by molar-refractivity contribution is 6.30. The molecule has 12 amide bonds. The van der Waals surface area contributed by atoms with Crippen LogP contribution in [0.1, 0.15) is 121 Å². The number of carbonyl (C=O) groups is 12. The second-order valence-electron chi connectivity index (χ2n) is 27.2. The molecular weight excluding hydrogens is 1360 g/mol. The second-order valence-corrected chi connectivity index (χ2v) is 27.6. The van der Waals surface area contributed by atoms with Gasteiger partial charge in [0.25, 0.3) is 0 Å². The van der Waals surface area contributed by atoms with Crippen molar-refractivity contribution in [3.8, 4) is 0 Å². The molecule has 2 aliphatic heterocycles. The molecule has 3 aromatic rings. The minimum Gasteiger partial charge on any atom is -0.343 e. The van der Waals surface area contributed by atoms with Crippen molar-refractivity contribution in [1.29, 1.82) is 0 Å². The van der Waals surface area contributed by atoms with Crippen molar-refractivity contribution in [3.05, 3.63) is 106 Å². The number of aryl methyl sites for hydroxylation is 1. The van der Waals surface area contributed by atoms with E-state index in [1.807, 2.05) is 0 Å². The minimum atomic E-state index is -4.69. The number of nitrogens with one attached hydrogen (secondary N) is 4. The molecule has 9 atom stereocenters. The molecule has 102 heavy (non-hydrogen) atoms. The van der Waals surface area contributed by atoms with Gasteiger partial charge >= 0.3 is 6.18 Å². The highest BCUT2D eigenvalue weighted by Crippen LogP contribution is 2.30. The SMILES string of the molecule is CC[C@H](C)[C@@H]1NC(=O)[C@H](C)N(C)C(=O)C[C@@H](C(=O)N2CCCC2)NC(=O)[C@H](CC(C)C)N(C)C(=O)[C@H](Cc2ccccc2)N(C)C(=O)[C@H](CCCCC(F)F)NC(=O)[C@H](CCc2ccc(C(F)(F)F)cc2)NC(=O)CN(C)C(=O)[C@H](Cc2ccc(Cl)cc2)N(C)C(=O)CN(C)C(=O)CN(C)C1=O. The molecule has 4 N–H and O–H groups in total. The van der Waals surface area contributed by atoms with Crippen molar-refractivity contribution < 1.29 is 79.5 Å². The van der Waals surface area contributed by atoms with Crippen LogP contribution in [0.15, 0.2) is 78.9 Å². The zero-order valence-corrected chi connectivity index (χ0v) is 61.1. The predicted octanol–water partition coefficient (Wildman–Crippen LogP) is 5.36.